The van der Waals surface area contributed by atoms with Gasteiger partial charge in [-0.05, 0) is 32.2 Å². The number of anilines is 1. The predicted octanol–water partition coefficient (Wildman–Crippen LogP) is 2.07. The van der Waals surface area contributed by atoms with Gasteiger partial charge < -0.3 is 19.9 Å². The molecule has 0 radical (unpaired) electrons. The predicted molar refractivity (Wildman–Crippen MR) is 136 cm³/mol. The SMILES string of the molecule is CCn1cc(C(=O)NCCn2ncc3c(NCCOC)nc(SC)nc32)c(=O)c2ccc(C)nc21. The molecular weight excluding hydrogens is 468 g/mol. The summed E-state index contributed by atoms with van der Waals surface area (Å²) in [5, 5.41) is 12.4. The summed E-state index contributed by atoms with van der Waals surface area (Å²) in [5.74, 6) is 0.254. The number of thioether (sulfide) groups is 1. The zero-order chi connectivity index (χ0) is 24.9. The number of hydrogen-bond donors (Lipinski definition) is 2. The molecule has 0 aliphatic carbocycles. The molecule has 4 rings (SSSR count). The molecule has 0 aliphatic heterocycles. The number of carbonyl (C=O) groups excluding carboxylic acids is 1. The second-order valence-electron chi connectivity index (χ2n) is 7.82. The molecule has 1 amide bonds. The van der Waals surface area contributed by atoms with Crippen LogP contribution >= 0.6 is 11.8 Å². The molecule has 0 spiro atoms. The van der Waals surface area contributed by atoms with Gasteiger partial charge in [0.25, 0.3) is 5.91 Å². The van der Waals surface area contributed by atoms with Gasteiger partial charge in [-0.2, -0.15) is 5.10 Å². The molecule has 0 fully saturated rings. The van der Waals surface area contributed by atoms with Crippen molar-refractivity contribution in [2.24, 2.45) is 0 Å². The molecule has 4 aromatic heterocycles. The third-order valence-electron chi connectivity index (χ3n) is 5.51. The Balaban J connectivity index is 1.53. The smallest absolute Gasteiger partial charge is 0.256 e. The number of nitrogens with one attached hydrogen (secondary N) is 2. The number of aryl methyl sites for hydroxylation is 2. The Kier molecular flexibility index (Phi) is 7.61. The van der Waals surface area contributed by atoms with Crippen molar-refractivity contribution >= 4 is 45.6 Å². The lowest BCUT2D eigenvalue weighted by molar-refractivity contribution is 0.0950. The van der Waals surface area contributed by atoms with E-state index < -0.39 is 5.91 Å². The van der Waals surface area contributed by atoms with E-state index in [0.29, 0.717) is 53.9 Å². The maximum Gasteiger partial charge on any atom is 0.256 e. The van der Waals surface area contributed by atoms with Crippen molar-refractivity contribution in [3.8, 4) is 0 Å². The Hall–Kier alpha value is -3.51. The molecule has 0 aromatic carbocycles. The molecule has 0 saturated carbocycles. The van der Waals surface area contributed by atoms with Crippen LogP contribution in [0.4, 0.5) is 5.82 Å². The highest BCUT2D eigenvalue weighted by Crippen LogP contribution is 2.23. The summed E-state index contributed by atoms with van der Waals surface area (Å²) >= 11 is 1.44. The quantitative estimate of drug-likeness (QED) is 0.193. The lowest BCUT2D eigenvalue weighted by atomic mass is 10.1. The number of ether oxygens (including phenoxy) is 1. The highest BCUT2D eigenvalue weighted by Gasteiger charge is 2.17. The van der Waals surface area contributed by atoms with Gasteiger partial charge in [-0.3, -0.25) is 9.59 Å². The van der Waals surface area contributed by atoms with E-state index >= 15 is 0 Å². The van der Waals surface area contributed by atoms with E-state index in [-0.39, 0.29) is 17.5 Å². The minimum absolute atomic E-state index is 0.0898. The van der Waals surface area contributed by atoms with Gasteiger partial charge in [-0.25, -0.2) is 19.6 Å². The summed E-state index contributed by atoms with van der Waals surface area (Å²) < 4.78 is 8.64. The molecule has 12 heteroatoms. The number of hydrogen-bond acceptors (Lipinski definition) is 9. The van der Waals surface area contributed by atoms with E-state index in [2.05, 4.69) is 30.7 Å². The van der Waals surface area contributed by atoms with Gasteiger partial charge in [0, 0.05) is 38.6 Å². The first-order valence-corrected chi connectivity index (χ1v) is 12.5. The summed E-state index contributed by atoms with van der Waals surface area (Å²) in [7, 11) is 1.64. The average Bonchev–Trinajstić information content (AvgIpc) is 3.27. The van der Waals surface area contributed by atoms with Gasteiger partial charge in [0.05, 0.1) is 30.1 Å². The molecule has 0 unspecified atom stereocenters. The Morgan fingerprint density at radius 1 is 1.14 bits per heavy atom. The summed E-state index contributed by atoms with van der Waals surface area (Å²) in [6, 6.07) is 3.50. The van der Waals surface area contributed by atoms with Crippen LogP contribution in [0.1, 0.15) is 23.0 Å². The Morgan fingerprint density at radius 2 is 1.97 bits per heavy atom. The van der Waals surface area contributed by atoms with Crippen molar-refractivity contribution in [2.45, 2.75) is 32.1 Å². The maximum atomic E-state index is 13.0. The van der Waals surface area contributed by atoms with Crippen LogP contribution in [0.5, 0.6) is 0 Å². The van der Waals surface area contributed by atoms with Crippen molar-refractivity contribution in [3.05, 3.63) is 46.0 Å². The van der Waals surface area contributed by atoms with E-state index in [1.165, 1.54) is 11.8 Å². The monoisotopic (exact) mass is 496 g/mol. The summed E-state index contributed by atoms with van der Waals surface area (Å²) in [4.78, 5) is 39.5. The number of methoxy groups -OCH3 is 1. The molecule has 11 nitrogen and oxygen atoms in total. The number of nitrogens with zero attached hydrogens (tertiary/aromatic N) is 6. The molecule has 4 aromatic rings. The molecule has 184 valence electrons. The minimum Gasteiger partial charge on any atom is -0.383 e. The van der Waals surface area contributed by atoms with Crippen molar-refractivity contribution < 1.29 is 9.53 Å². The van der Waals surface area contributed by atoms with Crippen LogP contribution in [0, 0.1) is 6.92 Å². The zero-order valence-corrected chi connectivity index (χ0v) is 21.0. The summed E-state index contributed by atoms with van der Waals surface area (Å²) in [6.45, 7) is 6.21. The molecule has 0 atom stereocenters. The molecule has 2 N–H and O–H groups in total. The summed E-state index contributed by atoms with van der Waals surface area (Å²) in [6.07, 6.45) is 5.19. The lowest BCUT2D eigenvalue weighted by Crippen LogP contribution is -2.32. The highest BCUT2D eigenvalue weighted by molar-refractivity contribution is 7.98. The molecule has 4 heterocycles. The normalized spacial score (nSPS) is 11.3. The number of carbonyl (C=O) groups is 1. The highest BCUT2D eigenvalue weighted by atomic mass is 32.2. The van der Waals surface area contributed by atoms with Gasteiger partial charge >= 0.3 is 0 Å². The second-order valence-corrected chi connectivity index (χ2v) is 8.59. The number of pyridine rings is 2. The van der Waals surface area contributed by atoms with Crippen molar-refractivity contribution in [1.29, 1.82) is 0 Å². The van der Waals surface area contributed by atoms with E-state index in [4.69, 9.17) is 4.74 Å². The lowest BCUT2D eigenvalue weighted by Gasteiger charge is -2.12. The van der Waals surface area contributed by atoms with E-state index in [1.807, 2.05) is 24.7 Å². The van der Waals surface area contributed by atoms with Gasteiger partial charge in [-0.1, -0.05) is 11.8 Å². The van der Waals surface area contributed by atoms with Crippen molar-refractivity contribution in [1.82, 2.24) is 34.6 Å². The molecule has 0 bridgehead atoms. The first-order valence-electron chi connectivity index (χ1n) is 11.3. The van der Waals surface area contributed by atoms with Gasteiger partial charge in [0.1, 0.15) is 17.0 Å². The van der Waals surface area contributed by atoms with Crippen LogP contribution in [-0.2, 0) is 17.8 Å². The largest absolute Gasteiger partial charge is 0.383 e. The number of amides is 1. The first-order chi connectivity index (χ1) is 17.0. The van der Waals surface area contributed by atoms with Crippen molar-refractivity contribution in [3.63, 3.8) is 0 Å². The fourth-order valence-electron chi connectivity index (χ4n) is 3.73. The number of rotatable bonds is 10. The van der Waals surface area contributed by atoms with Crippen LogP contribution in [-0.4, -0.2) is 68.3 Å². The zero-order valence-electron chi connectivity index (χ0n) is 20.2. The average molecular weight is 497 g/mol. The van der Waals surface area contributed by atoms with Crippen molar-refractivity contribution in [2.75, 3.05) is 38.4 Å². The Morgan fingerprint density at radius 3 is 2.71 bits per heavy atom. The van der Waals surface area contributed by atoms with Crippen LogP contribution in [0.3, 0.4) is 0 Å². The minimum atomic E-state index is -0.433. The van der Waals surface area contributed by atoms with Crippen LogP contribution < -0.4 is 16.1 Å². The standard InChI is InChI=1S/C23H28N8O3S/c1-5-30-13-17(18(32)15-7-6-14(2)27-20(15)30)22(33)25-8-10-31-21-16(12-26-31)19(24-9-11-34-3)28-23(29-21)35-4/h6-7,12-13H,5,8-11H2,1-4H3,(H,25,33)(H,24,28,29). The third kappa shape index (κ3) is 5.13. The fraction of sp³-hybridized carbons (Fsp3) is 0.391. The first kappa shape index (κ1) is 24.6. The molecular formula is C23H28N8O3S. The Labute approximate surface area is 206 Å². The number of aromatic nitrogens is 6. The maximum absolute atomic E-state index is 13.0. The second kappa shape index (κ2) is 10.8. The topological polar surface area (TPSA) is 129 Å². The Bertz CT molecular complexity index is 1430. The van der Waals surface area contributed by atoms with Crippen LogP contribution in [0.15, 0.2) is 34.5 Å². The fourth-order valence-corrected chi connectivity index (χ4v) is 4.09. The molecule has 35 heavy (non-hydrogen) atoms. The van der Waals surface area contributed by atoms with E-state index in [1.54, 1.807) is 36.3 Å². The van der Waals surface area contributed by atoms with E-state index in [9.17, 15) is 9.59 Å². The van der Waals surface area contributed by atoms with Crippen LogP contribution in [0.25, 0.3) is 22.1 Å². The van der Waals surface area contributed by atoms with Gasteiger partial charge in [0.2, 0.25) is 5.43 Å². The van der Waals surface area contributed by atoms with Gasteiger partial charge in [0.15, 0.2) is 10.8 Å². The van der Waals surface area contributed by atoms with E-state index in [0.717, 1.165) is 11.1 Å². The third-order valence-corrected chi connectivity index (χ3v) is 6.06. The van der Waals surface area contributed by atoms with Crippen LogP contribution in [0.2, 0.25) is 0 Å². The molecule has 0 aliphatic rings. The molecule has 0 saturated heterocycles. The summed E-state index contributed by atoms with van der Waals surface area (Å²) in [5.41, 5.74) is 1.82. The number of fused-ring (bicyclic) bond motifs is 2. The van der Waals surface area contributed by atoms with Gasteiger partial charge in [-0.15, -0.1) is 0 Å².